The van der Waals surface area contributed by atoms with E-state index >= 15 is 0 Å². The van der Waals surface area contributed by atoms with Gasteiger partial charge >= 0.3 is 0 Å². The Morgan fingerprint density at radius 1 is 1.77 bits per heavy atom. The van der Waals surface area contributed by atoms with Crippen LogP contribution in [0.2, 0.25) is 0 Å². The second-order valence-corrected chi connectivity index (χ2v) is 3.51. The largest absolute Gasteiger partial charge is 0.366 e. The number of thiocarbonyl (C=S) groups is 1. The molecule has 0 saturated heterocycles. The zero-order chi connectivity index (χ0) is 9.10. The summed E-state index contributed by atoms with van der Waals surface area (Å²) in [6.45, 7) is 0.748. The Hall–Kier alpha value is -1.01. The predicted molar refractivity (Wildman–Crippen MR) is 55.2 cm³/mol. The highest BCUT2D eigenvalue weighted by molar-refractivity contribution is 7.79. The second-order valence-electron chi connectivity index (χ2n) is 2.63. The van der Waals surface area contributed by atoms with Crippen LogP contribution >= 0.6 is 23.8 Å². The van der Waals surface area contributed by atoms with Gasteiger partial charge in [0.2, 0.25) is 0 Å². The van der Waals surface area contributed by atoms with E-state index in [0.29, 0.717) is 0 Å². The smallest absolute Gasteiger partial charge is 0.128 e. The summed E-state index contributed by atoms with van der Waals surface area (Å²) in [6.07, 6.45) is 3.96. The van der Waals surface area contributed by atoms with E-state index < -0.39 is 0 Å². The van der Waals surface area contributed by atoms with Gasteiger partial charge in [0.25, 0.3) is 0 Å². The van der Waals surface area contributed by atoms with Crippen molar-refractivity contribution in [2.45, 2.75) is 12.7 Å². The maximum atomic E-state index is 4.88. The second kappa shape index (κ2) is 3.80. The van der Waals surface area contributed by atoms with Gasteiger partial charge in [0, 0.05) is 23.1 Å². The molecule has 0 amide bonds. The van der Waals surface area contributed by atoms with E-state index in [0.717, 1.165) is 12.2 Å². The topological polar surface area (TPSA) is 41.0 Å². The van der Waals surface area contributed by atoms with Crippen LogP contribution in [-0.4, -0.2) is 26.0 Å². The molecule has 1 unspecified atom stereocenters. The predicted octanol–water partition coefficient (Wildman–Crippen LogP) is 0.740. The molecule has 0 radical (unpaired) electrons. The molecule has 2 rings (SSSR count). The molecular formula is C7H8N4S2. The van der Waals surface area contributed by atoms with Crippen molar-refractivity contribution in [3.05, 3.63) is 23.5 Å². The van der Waals surface area contributed by atoms with E-state index in [9.17, 15) is 0 Å². The number of nitrogens with zero attached hydrogens (tertiary/aromatic N) is 3. The van der Waals surface area contributed by atoms with E-state index in [1.54, 1.807) is 5.37 Å². The highest BCUT2D eigenvalue weighted by atomic mass is 32.1. The number of rotatable bonds is 3. The average molecular weight is 212 g/mol. The van der Waals surface area contributed by atoms with E-state index in [4.69, 9.17) is 12.2 Å². The summed E-state index contributed by atoms with van der Waals surface area (Å²) in [7, 11) is 0. The van der Waals surface area contributed by atoms with Gasteiger partial charge in [0.05, 0.1) is 12.2 Å². The molecule has 6 heteroatoms. The summed E-state index contributed by atoms with van der Waals surface area (Å²) in [6, 6.07) is 0. The molecule has 1 aliphatic heterocycles. The molecule has 0 aromatic carbocycles. The first kappa shape index (κ1) is 8.58. The Morgan fingerprint density at radius 3 is 3.38 bits per heavy atom. The van der Waals surface area contributed by atoms with Crippen molar-refractivity contribution in [1.29, 1.82) is 0 Å². The maximum absolute atomic E-state index is 4.88. The third kappa shape index (κ3) is 1.84. The van der Waals surface area contributed by atoms with Crippen LogP contribution < -0.4 is 5.32 Å². The number of aromatic nitrogens is 2. The molecule has 4 nitrogen and oxygen atoms in total. The van der Waals surface area contributed by atoms with Crippen LogP contribution in [0.5, 0.6) is 0 Å². The lowest BCUT2D eigenvalue weighted by molar-refractivity contribution is 0.337. The fourth-order valence-electron chi connectivity index (χ4n) is 1.13. The molecular weight excluding hydrogens is 204 g/mol. The maximum Gasteiger partial charge on any atom is 0.128 e. The summed E-state index contributed by atoms with van der Waals surface area (Å²) in [4.78, 5) is 2.07. The van der Waals surface area contributed by atoms with Crippen LogP contribution in [0.25, 0.3) is 0 Å². The highest BCUT2D eigenvalue weighted by Crippen LogP contribution is 2.09. The van der Waals surface area contributed by atoms with Gasteiger partial charge in [-0.3, -0.25) is 0 Å². The lowest BCUT2D eigenvalue weighted by Gasteiger charge is -2.20. The summed E-state index contributed by atoms with van der Waals surface area (Å²) < 4.78 is 3.80. The normalized spacial score (nSPS) is 20.3. The number of nitrogens with one attached hydrogen (secondary N) is 1. The molecule has 0 fully saturated rings. The first-order valence-corrected chi connectivity index (χ1v) is 5.10. The van der Waals surface area contributed by atoms with Crippen LogP contribution in [-0.2, 0) is 6.54 Å². The first-order chi connectivity index (χ1) is 6.40. The number of hydrogen-bond acceptors (Lipinski definition) is 6. The minimum Gasteiger partial charge on any atom is -0.366 e. The molecule has 1 atom stereocenters. The first-order valence-electron chi connectivity index (χ1n) is 3.80. The van der Waals surface area contributed by atoms with Gasteiger partial charge in [0.15, 0.2) is 0 Å². The average Bonchev–Trinajstić information content (AvgIpc) is 2.76. The van der Waals surface area contributed by atoms with Crippen molar-refractivity contribution < 1.29 is 0 Å². The van der Waals surface area contributed by atoms with E-state index in [2.05, 4.69) is 19.8 Å². The van der Waals surface area contributed by atoms with Crippen LogP contribution in [0, 0.1) is 0 Å². The monoisotopic (exact) mass is 212 g/mol. The van der Waals surface area contributed by atoms with Gasteiger partial charge in [-0.05, 0) is 11.5 Å². The molecule has 13 heavy (non-hydrogen) atoms. The molecule has 1 aliphatic rings. The van der Waals surface area contributed by atoms with Crippen molar-refractivity contribution >= 4 is 29.1 Å². The molecule has 0 aliphatic carbocycles. The Bertz CT molecular complexity index is 308. The Kier molecular flexibility index (Phi) is 2.51. The molecule has 2 heterocycles. The zero-order valence-electron chi connectivity index (χ0n) is 6.75. The van der Waals surface area contributed by atoms with Gasteiger partial charge in [-0.1, -0.05) is 16.7 Å². The standard InChI is InChI=1S/C7H8N4S2/c12-4-7-8-1-2-11(7)3-6-5-13-10-9-6/h1-2,4-5,7-8H,3H2. The molecule has 68 valence electrons. The van der Waals surface area contributed by atoms with Crippen molar-refractivity contribution in [1.82, 2.24) is 19.8 Å². The molecule has 1 aromatic heterocycles. The number of hydrogen-bond donors (Lipinski definition) is 1. The van der Waals surface area contributed by atoms with Gasteiger partial charge in [-0.15, -0.1) is 5.10 Å². The minimum absolute atomic E-state index is 0.108. The lowest BCUT2D eigenvalue weighted by atomic mass is 10.4. The minimum atomic E-state index is 0.108. The fraction of sp³-hybridized carbons (Fsp3) is 0.286. The van der Waals surface area contributed by atoms with Crippen molar-refractivity contribution in [3.63, 3.8) is 0 Å². The van der Waals surface area contributed by atoms with E-state index in [-0.39, 0.29) is 6.17 Å². The van der Waals surface area contributed by atoms with E-state index in [1.807, 2.05) is 17.8 Å². The van der Waals surface area contributed by atoms with Crippen molar-refractivity contribution in [2.75, 3.05) is 0 Å². The van der Waals surface area contributed by atoms with Gasteiger partial charge in [-0.25, -0.2) is 0 Å². The third-order valence-electron chi connectivity index (χ3n) is 1.77. The Morgan fingerprint density at radius 2 is 2.69 bits per heavy atom. The van der Waals surface area contributed by atoms with Crippen LogP contribution in [0.1, 0.15) is 5.69 Å². The van der Waals surface area contributed by atoms with Gasteiger partial charge < -0.3 is 10.2 Å². The van der Waals surface area contributed by atoms with Crippen molar-refractivity contribution in [2.24, 2.45) is 0 Å². The van der Waals surface area contributed by atoms with E-state index in [1.165, 1.54) is 11.5 Å². The molecule has 0 spiro atoms. The summed E-state index contributed by atoms with van der Waals surface area (Å²) in [5.74, 6) is 0. The molecule has 0 saturated carbocycles. The Labute approximate surface area is 85.4 Å². The molecule has 1 aromatic rings. The SMILES string of the molecule is S=CC1NC=CN1Cc1csnn1. The highest BCUT2D eigenvalue weighted by Gasteiger charge is 2.16. The van der Waals surface area contributed by atoms with Crippen molar-refractivity contribution in [3.8, 4) is 0 Å². The lowest BCUT2D eigenvalue weighted by Crippen LogP contribution is -2.35. The van der Waals surface area contributed by atoms with Crippen LogP contribution in [0.15, 0.2) is 17.8 Å². The molecule has 1 N–H and O–H groups in total. The van der Waals surface area contributed by atoms with Gasteiger partial charge in [-0.2, -0.15) is 0 Å². The third-order valence-corrected chi connectivity index (χ3v) is 2.58. The van der Waals surface area contributed by atoms with Gasteiger partial charge in [0.1, 0.15) is 6.17 Å². The zero-order valence-corrected chi connectivity index (χ0v) is 8.38. The fourth-order valence-corrected chi connectivity index (χ4v) is 1.81. The molecule has 0 bridgehead atoms. The summed E-state index contributed by atoms with van der Waals surface area (Å²) in [5.41, 5.74) is 0.972. The van der Waals surface area contributed by atoms with Crippen LogP contribution in [0.4, 0.5) is 0 Å². The summed E-state index contributed by atoms with van der Waals surface area (Å²) in [5, 5.41) is 10.7. The Balaban J connectivity index is 2.01. The quantitative estimate of drug-likeness (QED) is 0.748. The van der Waals surface area contributed by atoms with Crippen LogP contribution in [0.3, 0.4) is 0 Å². The summed E-state index contributed by atoms with van der Waals surface area (Å²) >= 11 is 6.25.